The van der Waals surface area contributed by atoms with Gasteiger partial charge >= 0.3 is 0 Å². The van der Waals surface area contributed by atoms with Crippen LogP contribution in [0.25, 0.3) is 0 Å². The summed E-state index contributed by atoms with van der Waals surface area (Å²) < 4.78 is 0. The predicted molar refractivity (Wildman–Crippen MR) is 91.8 cm³/mol. The third kappa shape index (κ3) is 4.98. The molecular formula is C18H29ClN2. The highest BCUT2D eigenvalue weighted by Crippen LogP contribution is 2.39. The van der Waals surface area contributed by atoms with Crippen molar-refractivity contribution in [3.8, 4) is 0 Å². The number of halogens is 1. The summed E-state index contributed by atoms with van der Waals surface area (Å²) in [7, 11) is 4.32. The molecule has 0 spiro atoms. The van der Waals surface area contributed by atoms with Crippen LogP contribution in [0, 0.1) is 11.3 Å². The molecule has 1 aliphatic carbocycles. The maximum absolute atomic E-state index is 6.09. The van der Waals surface area contributed by atoms with Crippen LogP contribution >= 0.6 is 11.6 Å². The molecule has 3 heteroatoms. The standard InChI is InChI=1S/C18H29ClN2/c1-15-6-5-9-18(11-15,13-20-2)14-21(3)12-16-7-4-8-17(19)10-16/h4,7-8,10,15,20H,5-6,9,11-14H2,1-3H3. The summed E-state index contributed by atoms with van der Waals surface area (Å²) in [4.78, 5) is 2.46. The van der Waals surface area contributed by atoms with Crippen molar-refractivity contribution in [1.29, 1.82) is 0 Å². The Bertz CT molecular complexity index is 445. The molecule has 118 valence electrons. The molecular weight excluding hydrogens is 280 g/mol. The Labute approximate surface area is 134 Å². The maximum Gasteiger partial charge on any atom is 0.0409 e. The minimum Gasteiger partial charge on any atom is -0.319 e. The highest BCUT2D eigenvalue weighted by Gasteiger charge is 2.35. The lowest BCUT2D eigenvalue weighted by Crippen LogP contribution is -2.44. The molecule has 1 aromatic rings. The van der Waals surface area contributed by atoms with E-state index in [-0.39, 0.29) is 0 Å². The fraction of sp³-hybridized carbons (Fsp3) is 0.667. The number of nitrogens with one attached hydrogen (secondary N) is 1. The van der Waals surface area contributed by atoms with Crippen molar-refractivity contribution in [3.63, 3.8) is 0 Å². The third-order valence-corrected chi connectivity index (χ3v) is 4.92. The van der Waals surface area contributed by atoms with Gasteiger partial charge in [0.15, 0.2) is 0 Å². The van der Waals surface area contributed by atoms with Gasteiger partial charge in [0, 0.05) is 24.7 Å². The summed E-state index contributed by atoms with van der Waals surface area (Å²) in [6.07, 6.45) is 5.45. The number of hydrogen-bond acceptors (Lipinski definition) is 2. The average Bonchev–Trinajstić information content (AvgIpc) is 2.38. The Morgan fingerprint density at radius 3 is 2.90 bits per heavy atom. The zero-order valence-corrected chi connectivity index (χ0v) is 14.4. The highest BCUT2D eigenvalue weighted by molar-refractivity contribution is 6.30. The van der Waals surface area contributed by atoms with E-state index < -0.39 is 0 Å². The normalized spacial score (nSPS) is 26.2. The number of benzene rings is 1. The Balaban J connectivity index is 1.99. The molecule has 2 rings (SSSR count). The van der Waals surface area contributed by atoms with Crippen LogP contribution in [0.5, 0.6) is 0 Å². The van der Waals surface area contributed by atoms with Crippen molar-refractivity contribution in [2.75, 3.05) is 27.2 Å². The molecule has 1 aromatic carbocycles. The second kappa shape index (κ2) is 7.62. The molecule has 0 amide bonds. The number of hydrogen-bond donors (Lipinski definition) is 1. The number of nitrogens with zero attached hydrogens (tertiary/aromatic N) is 1. The molecule has 0 radical (unpaired) electrons. The van der Waals surface area contributed by atoms with Gasteiger partial charge in [-0.3, -0.25) is 0 Å². The van der Waals surface area contributed by atoms with Crippen molar-refractivity contribution in [2.45, 2.75) is 39.2 Å². The lowest BCUT2D eigenvalue weighted by molar-refractivity contribution is 0.0910. The van der Waals surface area contributed by atoms with Crippen LogP contribution in [0.3, 0.4) is 0 Å². The van der Waals surface area contributed by atoms with E-state index in [0.717, 1.165) is 30.6 Å². The molecule has 2 atom stereocenters. The van der Waals surface area contributed by atoms with Crippen molar-refractivity contribution >= 4 is 11.6 Å². The second-order valence-electron chi connectivity index (χ2n) is 7.03. The summed E-state index contributed by atoms with van der Waals surface area (Å²) >= 11 is 6.09. The summed E-state index contributed by atoms with van der Waals surface area (Å²) in [6, 6.07) is 8.22. The van der Waals surface area contributed by atoms with Gasteiger partial charge in [0.25, 0.3) is 0 Å². The maximum atomic E-state index is 6.09. The van der Waals surface area contributed by atoms with Crippen LogP contribution in [0.15, 0.2) is 24.3 Å². The van der Waals surface area contributed by atoms with Crippen LogP contribution in [-0.2, 0) is 6.54 Å². The van der Waals surface area contributed by atoms with E-state index in [0.29, 0.717) is 5.41 Å². The number of rotatable bonds is 6. The Hall–Kier alpha value is -0.570. The van der Waals surface area contributed by atoms with Gasteiger partial charge < -0.3 is 10.2 Å². The summed E-state index contributed by atoms with van der Waals surface area (Å²) in [5, 5.41) is 4.26. The van der Waals surface area contributed by atoms with E-state index in [4.69, 9.17) is 11.6 Å². The summed E-state index contributed by atoms with van der Waals surface area (Å²) in [5.74, 6) is 0.853. The molecule has 21 heavy (non-hydrogen) atoms. The van der Waals surface area contributed by atoms with Crippen LogP contribution in [0.4, 0.5) is 0 Å². The Kier molecular flexibility index (Phi) is 6.09. The van der Waals surface area contributed by atoms with Crippen LogP contribution in [0.1, 0.15) is 38.2 Å². The molecule has 1 N–H and O–H groups in total. The molecule has 2 unspecified atom stereocenters. The van der Waals surface area contributed by atoms with Gasteiger partial charge in [-0.2, -0.15) is 0 Å². The second-order valence-corrected chi connectivity index (χ2v) is 7.47. The van der Waals surface area contributed by atoms with E-state index in [1.807, 2.05) is 12.1 Å². The predicted octanol–water partition coefficient (Wildman–Crippen LogP) is 4.19. The molecule has 1 aliphatic rings. The van der Waals surface area contributed by atoms with Crippen molar-refractivity contribution in [1.82, 2.24) is 10.2 Å². The van der Waals surface area contributed by atoms with Gasteiger partial charge in [-0.1, -0.05) is 43.5 Å². The smallest absolute Gasteiger partial charge is 0.0409 e. The van der Waals surface area contributed by atoms with Crippen molar-refractivity contribution < 1.29 is 0 Å². The first-order chi connectivity index (χ1) is 10.0. The minimum absolute atomic E-state index is 0.430. The fourth-order valence-corrected chi connectivity index (χ4v) is 4.29. The molecule has 0 heterocycles. The van der Waals surface area contributed by atoms with Gasteiger partial charge in [0.05, 0.1) is 0 Å². The molecule has 1 fully saturated rings. The van der Waals surface area contributed by atoms with Gasteiger partial charge in [-0.05, 0) is 56.0 Å². The molecule has 0 saturated heterocycles. The highest BCUT2D eigenvalue weighted by atomic mass is 35.5. The van der Waals surface area contributed by atoms with Gasteiger partial charge in [-0.25, -0.2) is 0 Å². The van der Waals surface area contributed by atoms with E-state index >= 15 is 0 Å². The molecule has 0 aliphatic heterocycles. The van der Waals surface area contributed by atoms with Crippen LogP contribution in [0.2, 0.25) is 5.02 Å². The lowest BCUT2D eigenvalue weighted by Gasteiger charge is -2.42. The molecule has 1 saturated carbocycles. The average molecular weight is 309 g/mol. The molecule has 0 aromatic heterocycles. The first-order valence-electron chi connectivity index (χ1n) is 8.11. The van der Waals surface area contributed by atoms with Crippen molar-refractivity contribution in [2.24, 2.45) is 11.3 Å². The van der Waals surface area contributed by atoms with E-state index in [2.05, 4.69) is 43.4 Å². The topological polar surface area (TPSA) is 15.3 Å². The summed E-state index contributed by atoms with van der Waals surface area (Å²) in [6.45, 7) is 5.66. The van der Waals surface area contributed by atoms with Gasteiger partial charge in [0.1, 0.15) is 0 Å². The van der Waals surface area contributed by atoms with E-state index in [9.17, 15) is 0 Å². The quantitative estimate of drug-likeness (QED) is 0.848. The Morgan fingerprint density at radius 2 is 2.24 bits per heavy atom. The zero-order valence-electron chi connectivity index (χ0n) is 13.7. The van der Waals surface area contributed by atoms with Crippen LogP contribution < -0.4 is 5.32 Å². The summed E-state index contributed by atoms with van der Waals surface area (Å²) in [5.41, 5.74) is 1.73. The molecule has 2 nitrogen and oxygen atoms in total. The van der Waals surface area contributed by atoms with Crippen LogP contribution in [-0.4, -0.2) is 32.1 Å². The third-order valence-electron chi connectivity index (χ3n) is 4.68. The molecule has 0 bridgehead atoms. The van der Waals surface area contributed by atoms with E-state index in [1.54, 1.807) is 0 Å². The Morgan fingerprint density at radius 1 is 1.43 bits per heavy atom. The lowest BCUT2D eigenvalue weighted by atomic mass is 9.69. The van der Waals surface area contributed by atoms with E-state index in [1.165, 1.54) is 31.2 Å². The largest absolute Gasteiger partial charge is 0.319 e. The monoisotopic (exact) mass is 308 g/mol. The van der Waals surface area contributed by atoms with Gasteiger partial charge in [-0.15, -0.1) is 0 Å². The zero-order chi connectivity index (χ0) is 15.3. The first kappa shape index (κ1) is 16.8. The SMILES string of the molecule is CNCC1(CN(C)Cc2cccc(Cl)c2)CCCC(C)C1. The van der Waals surface area contributed by atoms with Gasteiger partial charge in [0.2, 0.25) is 0 Å². The first-order valence-corrected chi connectivity index (χ1v) is 8.48. The van der Waals surface area contributed by atoms with Crippen molar-refractivity contribution in [3.05, 3.63) is 34.9 Å². The fourth-order valence-electron chi connectivity index (χ4n) is 4.08. The minimum atomic E-state index is 0.430.